The molecule has 158 valence electrons. The Bertz CT molecular complexity index is 737. The molecule has 2 rings (SSSR count). The minimum Gasteiger partial charge on any atom is -0.494 e. The van der Waals surface area contributed by atoms with Crippen molar-refractivity contribution in [3.05, 3.63) is 18.2 Å². The highest BCUT2D eigenvalue weighted by molar-refractivity contribution is 7.99. The fourth-order valence-electron chi connectivity index (χ4n) is 2.48. The Kier molecular flexibility index (Phi) is 10.4. The first-order valence-corrected chi connectivity index (χ1v) is 12.9. The van der Waals surface area contributed by atoms with Crippen molar-refractivity contribution in [3.8, 4) is 5.75 Å². The first kappa shape index (κ1) is 23.3. The summed E-state index contributed by atoms with van der Waals surface area (Å²) in [5.41, 5.74) is 1.52. The van der Waals surface area contributed by atoms with Crippen molar-refractivity contribution in [2.24, 2.45) is 0 Å². The van der Waals surface area contributed by atoms with Crippen molar-refractivity contribution in [2.45, 2.75) is 58.1 Å². The van der Waals surface area contributed by atoms with Gasteiger partial charge in [0.15, 0.2) is 5.58 Å². The van der Waals surface area contributed by atoms with E-state index in [9.17, 15) is 4.57 Å². The van der Waals surface area contributed by atoms with Gasteiger partial charge in [0.2, 0.25) is 0 Å². The van der Waals surface area contributed by atoms with E-state index in [1.165, 1.54) is 11.8 Å². The number of hydrogen-bond donors (Lipinski definition) is 0. The average Bonchev–Trinajstić information content (AvgIpc) is 3.08. The number of hydrogen-bond acceptors (Lipinski definition) is 7. The standard InChI is InChI=1S/C20H32NO5PS/c1-4-7-12-24-27(22,25-13-8-5-2)14-9-15-28-20-21-18-11-10-17(23-6-3)16-19(18)26-20/h10-11,16H,4-9,12-15H2,1-3H3. The van der Waals surface area contributed by atoms with Gasteiger partial charge in [0.05, 0.1) is 26.0 Å². The lowest BCUT2D eigenvalue weighted by Gasteiger charge is -2.18. The van der Waals surface area contributed by atoms with Gasteiger partial charge >= 0.3 is 7.60 Å². The number of nitrogens with zero attached hydrogens (tertiary/aromatic N) is 1. The highest BCUT2D eigenvalue weighted by Crippen LogP contribution is 2.49. The zero-order valence-electron chi connectivity index (χ0n) is 17.1. The second kappa shape index (κ2) is 12.5. The zero-order valence-corrected chi connectivity index (χ0v) is 18.9. The van der Waals surface area contributed by atoms with E-state index in [0.717, 1.165) is 42.7 Å². The van der Waals surface area contributed by atoms with Crippen molar-refractivity contribution in [1.82, 2.24) is 4.98 Å². The maximum absolute atomic E-state index is 12.9. The number of oxazole rings is 1. The van der Waals surface area contributed by atoms with Crippen LogP contribution in [0.2, 0.25) is 0 Å². The van der Waals surface area contributed by atoms with Gasteiger partial charge < -0.3 is 18.2 Å². The molecule has 0 saturated heterocycles. The molecule has 0 radical (unpaired) electrons. The molecule has 0 spiro atoms. The van der Waals surface area contributed by atoms with Gasteiger partial charge in [-0.2, -0.15) is 0 Å². The number of fused-ring (bicyclic) bond motifs is 1. The molecule has 6 nitrogen and oxygen atoms in total. The quantitative estimate of drug-likeness (QED) is 0.181. The van der Waals surface area contributed by atoms with Crippen LogP contribution in [0.3, 0.4) is 0 Å². The highest BCUT2D eigenvalue weighted by Gasteiger charge is 2.24. The summed E-state index contributed by atoms with van der Waals surface area (Å²) in [7, 11) is -3.02. The summed E-state index contributed by atoms with van der Waals surface area (Å²) >= 11 is 1.51. The molecular formula is C20H32NO5PS. The van der Waals surface area contributed by atoms with E-state index in [-0.39, 0.29) is 0 Å². The summed E-state index contributed by atoms with van der Waals surface area (Å²) in [6, 6.07) is 5.64. The molecule has 1 heterocycles. The minimum absolute atomic E-state index is 0.419. The molecule has 28 heavy (non-hydrogen) atoms. The Balaban J connectivity index is 1.84. The molecule has 0 fully saturated rings. The summed E-state index contributed by atoms with van der Waals surface area (Å²) in [5, 5.41) is 0.609. The van der Waals surface area contributed by atoms with Gasteiger partial charge in [-0.15, -0.1) is 0 Å². The second-order valence-corrected chi connectivity index (χ2v) is 9.68. The SMILES string of the molecule is CCCCOP(=O)(CCCSc1nc2ccc(OCC)cc2o1)OCCCC. The number of thioether (sulfide) groups is 1. The predicted octanol–water partition coefficient (Wildman–Crippen LogP) is 6.54. The molecule has 0 N–H and O–H groups in total. The number of unbranched alkanes of at least 4 members (excludes halogenated alkanes) is 2. The van der Waals surface area contributed by atoms with Crippen molar-refractivity contribution in [1.29, 1.82) is 0 Å². The van der Waals surface area contributed by atoms with Crippen molar-refractivity contribution in [2.75, 3.05) is 31.7 Å². The molecule has 0 amide bonds. The molecule has 0 aliphatic rings. The molecule has 0 atom stereocenters. The van der Waals surface area contributed by atoms with Crippen LogP contribution >= 0.6 is 19.4 Å². The largest absolute Gasteiger partial charge is 0.494 e. The van der Waals surface area contributed by atoms with Gasteiger partial charge in [0.25, 0.3) is 5.22 Å². The number of benzene rings is 1. The fourth-order valence-corrected chi connectivity index (χ4v) is 5.16. The molecule has 0 bridgehead atoms. The second-order valence-electron chi connectivity index (χ2n) is 6.45. The maximum Gasteiger partial charge on any atom is 0.330 e. The van der Waals surface area contributed by atoms with E-state index < -0.39 is 7.60 Å². The molecular weight excluding hydrogens is 397 g/mol. The average molecular weight is 430 g/mol. The summed E-state index contributed by atoms with van der Waals surface area (Å²) in [6.07, 6.45) is 4.93. The molecule has 2 aromatic rings. The monoisotopic (exact) mass is 429 g/mol. The van der Waals surface area contributed by atoms with E-state index >= 15 is 0 Å². The molecule has 0 aliphatic carbocycles. The Morgan fingerprint density at radius 2 is 1.79 bits per heavy atom. The minimum atomic E-state index is -3.02. The van der Waals surface area contributed by atoms with Gasteiger partial charge in [-0.1, -0.05) is 38.5 Å². The Hall–Kier alpha value is -1.01. The van der Waals surface area contributed by atoms with Crippen LogP contribution in [0, 0.1) is 0 Å². The molecule has 8 heteroatoms. The third kappa shape index (κ3) is 7.78. The third-order valence-electron chi connectivity index (χ3n) is 4.02. The topological polar surface area (TPSA) is 70.8 Å². The lowest BCUT2D eigenvalue weighted by molar-refractivity contribution is 0.200. The van der Waals surface area contributed by atoms with Crippen molar-refractivity contribution in [3.63, 3.8) is 0 Å². The van der Waals surface area contributed by atoms with Crippen LogP contribution in [-0.2, 0) is 13.6 Å². The van der Waals surface area contributed by atoms with Gasteiger partial charge in [0.1, 0.15) is 11.3 Å². The van der Waals surface area contributed by atoms with Crippen LogP contribution < -0.4 is 4.74 Å². The first-order chi connectivity index (χ1) is 13.6. The Morgan fingerprint density at radius 1 is 1.07 bits per heavy atom. The number of aromatic nitrogens is 1. The number of rotatable bonds is 15. The van der Waals surface area contributed by atoms with Gasteiger partial charge in [-0.05, 0) is 38.3 Å². The normalized spacial score (nSPS) is 12.0. The van der Waals surface area contributed by atoms with E-state index in [2.05, 4.69) is 18.8 Å². The molecule has 1 aromatic carbocycles. The van der Waals surface area contributed by atoms with E-state index in [0.29, 0.717) is 43.2 Å². The number of ether oxygens (including phenoxy) is 1. The van der Waals surface area contributed by atoms with E-state index in [1.807, 2.05) is 25.1 Å². The summed E-state index contributed by atoms with van der Waals surface area (Å²) in [6.45, 7) is 7.70. The van der Waals surface area contributed by atoms with E-state index in [4.69, 9.17) is 18.2 Å². The first-order valence-electron chi connectivity index (χ1n) is 10.1. The highest BCUT2D eigenvalue weighted by atomic mass is 32.2. The smallest absolute Gasteiger partial charge is 0.330 e. The van der Waals surface area contributed by atoms with Crippen molar-refractivity contribution >= 4 is 30.5 Å². The van der Waals surface area contributed by atoms with Crippen LogP contribution in [0.15, 0.2) is 27.8 Å². The Morgan fingerprint density at radius 3 is 2.43 bits per heavy atom. The van der Waals surface area contributed by atoms with Gasteiger partial charge in [-0.25, -0.2) is 4.98 Å². The molecule has 0 saturated carbocycles. The maximum atomic E-state index is 12.9. The van der Waals surface area contributed by atoms with Crippen molar-refractivity contribution < 1.29 is 22.8 Å². The third-order valence-corrected chi connectivity index (χ3v) is 6.96. The molecule has 1 aromatic heterocycles. The van der Waals surface area contributed by atoms with Crippen LogP contribution in [0.25, 0.3) is 11.1 Å². The predicted molar refractivity (Wildman–Crippen MR) is 115 cm³/mol. The fraction of sp³-hybridized carbons (Fsp3) is 0.650. The van der Waals surface area contributed by atoms with Crippen LogP contribution in [-0.4, -0.2) is 36.7 Å². The summed E-state index contributed by atoms with van der Waals surface area (Å²) in [4.78, 5) is 4.48. The van der Waals surface area contributed by atoms with Gasteiger partial charge in [0, 0.05) is 11.8 Å². The van der Waals surface area contributed by atoms with Crippen LogP contribution in [0.1, 0.15) is 52.9 Å². The van der Waals surface area contributed by atoms with Gasteiger partial charge in [-0.3, -0.25) is 4.57 Å². The zero-order chi connectivity index (χ0) is 20.2. The van der Waals surface area contributed by atoms with E-state index in [1.54, 1.807) is 0 Å². The van der Waals surface area contributed by atoms with Crippen LogP contribution in [0.5, 0.6) is 5.75 Å². The molecule has 0 unspecified atom stereocenters. The van der Waals surface area contributed by atoms with Crippen LogP contribution in [0.4, 0.5) is 0 Å². The summed E-state index contributed by atoms with van der Waals surface area (Å²) in [5.74, 6) is 1.51. The Labute approximate surface area is 172 Å². The summed E-state index contributed by atoms with van der Waals surface area (Å²) < 4.78 is 35.4. The lowest BCUT2D eigenvalue weighted by Crippen LogP contribution is -2.04. The molecule has 0 aliphatic heterocycles. The lowest BCUT2D eigenvalue weighted by atomic mass is 10.3.